The SMILES string of the molecule is ClP1(Cl)=N[P@](Cl)(N2CCCC2)=N[P@@]2(=N1)NCCO2. The van der Waals surface area contributed by atoms with Crippen LogP contribution in [0.15, 0.2) is 13.5 Å². The lowest BCUT2D eigenvalue weighted by Crippen LogP contribution is -2.13. The fraction of sp³-hybridized carbons (Fsp3) is 1.00. The molecule has 2 atom stereocenters. The van der Waals surface area contributed by atoms with E-state index in [0.29, 0.717) is 13.2 Å². The summed E-state index contributed by atoms with van der Waals surface area (Å²) in [6.45, 7) is 0.497. The molecule has 3 aliphatic heterocycles. The average molecular weight is 370 g/mol. The van der Waals surface area contributed by atoms with Crippen LogP contribution in [0.2, 0.25) is 0 Å². The summed E-state index contributed by atoms with van der Waals surface area (Å²) in [5, 5.41) is 3.18. The molecule has 0 bridgehead atoms. The molecule has 3 heterocycles. The van der Waals surface area contributed by atoms with Gasteiger partial charge in [0.2, 0.25) is 6.71 Å². The molecule has 3 aliphatic rings. The Bertz CT molecular complexity index is 515. The topological polar surface area (TPSA) is 61.6 Å². The van der Waals surface area contributed by atoms with E-state index in [1.165, 1.54) is 0 Å². The van der Waals surface area contributed by atoms with Gasteiger partial charge in [-0.2, -0.15) is 13.5 Å². The van der Waals surface area contributed by atoms with Crippen LogP contribution in [-0.4, -0.2) is 30.9 Å². The number of hydrogen-bond acceptors (Lipinski definition) is 6. The summed E-state index contributed by atoms with van der Waals surface area (Å²) in [6, 6.07) is 0. The molecule has 0 amide bonds. The monoisotopic (exact) mass is 369 g/mol. The molecule has 2 saturated heterocycles. The van der Waals surface area contributed by atoms with Crippen LogP contribution in [-0.2, 0) is 4.52 Å². The van der Waals surface area contributed by atoms with Gasteiger partial charge in [0.05, 0.1) is 6.61 Å². The van der Waals surface area contributed by atoms with E-state index in [0.717, 1.165) is 25.9 Å². The number of nitrogens with one attached hydrogen (secondary N) is 1. The van der Waals surface area contributed by atoms with Crippen molar-refractivity contribution in [2.75, 3.05) is 26.2 Å². The van der Waals surface area contributed by atoms with Crippen LogP contribution in [0.5, 0.6) is 0 Å². The molecule has 12 heteroatoms. The first-order valence-electron chi connectivity index (χ1n) is 5.59. The lowest BCUT2D eigenvalue weighted by Gasteiger charge is -2.30. The second-order valence-corrected chi connectivity index (χ2v) is 15.1. The highest BCUT2D eigenvalue weighted by Gasteiger charge is 2.41. The molecule has 2 fully saturated rings. The molecular formula is C6H13Cl3N5OP3. The summed E-state index contributed by atoms with van der Waals surface area (Å²) >= 11 is 19.1. The molecule has 18 heavy (non-hydrogen) atoms. The molecule has 0 radical (unpaired) electrons. The standard InChI is InChI=1S/C6H13Cl3N5OP3/c7-16(8)11-17(9,14-4-1-2-5-14)13-18(12-16)10-3-6-15-18/h10H,1-6H2/t17-,18-/m0/s1. The minimum Gasteiger partial charge on any atom is -0.314 e. The summed E-state index contributed by atoms with van der Waals surface area (Å²) in [7, 11) is -2.47. The van der Waals surface area contributed by atoms with Gasteiger partial charge < -0.3 is 4.52 Å². The van der Waals surface area contributed by atoms with Gasteiger partial charge in [-0.15, -0.1) is 0 Å². The van der Waals surface area contributed by atoms with Gasteiger partial charge in [-0.1, -0.05) is 0 Å². The third-order valence-electron chi connectivity index (χ3n) is 2.82. The normalized spacial score (nSPS) is 43.5. The zero-order valence-electron chi connectivity index (χ0n) is 9.42. The minimum absolute atomic E-state index is 0.561. The van der Waals surface area contributed by atoms with E-state index < -0.39 is 20.2 Å². The summed E-state index contributed by atoms with van der Waals surface area (Å²) in [6.07, 6.45) is 2.21. The van der Waals surface area contributed by atoms with E-state index in [1.807, 2.05) is 0 Å². The molecule has 0 unspecified atom stereocenters. The molecule has 1 spiro atoms. The minimum atomic E-state index is -2.79. The Hall–Kier alpha value is 1.44. The molecule has 0 aromatic rings. The summed E-state index contributed by atoms with van der Waals surface area (Å²) < 4.78 is 21.1. The second-order valence-electron chi connectivity index (χ2n) is 4.17. The lowest BCUT2D eigenvalue weighted by atomic mass is 10.4. The van der Waals surface area contributed by atoms with Crippen LogP contribution in [0.3, 0.4) is 0 Å². The Morgan fingerprint density at radius 1 is 1.06 bits per heavy atom. The van der Waals surface area contributed by atoms with Gasteiger partial charge in [0, 0.05) is 19.6 Å². The van der Waals surface area contributed by atoms with Crippen LogP contribution in [0.4, 0.5) is 0 Å². The van der Waals surface area contributed by atoms with Crippen molar-refractivity contribution in [1.82, 2.24) is 9.76 Å². The average Bonchev–Trinajstić information content (AvgIpc) is 2.85. The first kappa shape index (κ1) is 14.4. The summed E-state index contributed by atoms with van der Waals surface area (Å²) in [4.78, 5) is 0. The third-order valence-corrected chi connectivity index (χ3v) is 14.9. The van der Waals surface area contributed by atoms with Gasteiger partial charge in [-0.05, 0) is 46.6 Å². The fourth-order valence-electron chi connectivity index (χ4n) is 2.08. The first-order valence-corrected chi connectivity index (χ1v) is 13.3. The Labute approximate surface area is 121 Å². The molecule has 0 aromatic heterocycles. The summed E-state index contributed by atoms with van der Waals surface area (Å²) in [5.74, 6) is -2.79. The Morgan fingerprint density at radius 3 is 2.39 bits per heavy atom. The first-order chi connectivity index (χ1) is 8.43. The van der Waals surface area contributed by atoms with E-state index >= 15 is 0 Å². The van der Waals surface area contributed by atoms with E-state index in [1.54, 1.807) is 0 Å². The Morgan fingerprint density at radius 2 is 1.78 bits per heavy atom. The van der Waals surface area contributed by atoms with Crippen molar-refractivity contribution in [3.8, 4) is 0 Å². The predicted molar refractivity (Wildman–Crippen MR) is 80.4 cm³/mol. The van der Waals surface area contributed by atoms with Crippen molar-refractivity contribution in [1.29, 1.82) is 0 Å². The maximum atomic E-state index is 6.65. The van der Waals surface area contributed by atoms with Gasteiger partial charge in [0.1, 0.15) is 0 Å². The second kappa shape index (κ2) is 5.02. The maximum absolute atomic E-state index is 6.65. The van der Waals surface area contributed by atoms with Crippen LogP contribution < -0.4 is 5.09 Å². The number of halogens is 3. The fourth-order valence-corrected chi connectivity index (χ4v) is 16.5. The predicted octanol–water partition coefficient (Wildman–Crippen LogP) is 5.27. The maximum Gasteiger partial charge on any atom is 0.279 e. The highest BCUT2D eigenvalue weighted by molar-refractivity contribution is 8.15. The van der Waals surface area contributed by atoms with Crippen LogP contribution in [0, 0.1) is 0 Å². The quantitative estimate of drug-likeness (QED) is 0.640. The van der Waals surface area contributed by atoms with E-state index in [-0.39, 0.29) is 0 Å². The van der Waals surface area contributed by atoms with Crippen LogP contribution in [0.1, 0.15) is 12.8 Å². The van der Waals surface area contributed by atoms with E-state index in [9.17, 15) is 0 Å². The van der Waals surface area contributed by atoms with Crippen LogP contribution >= 0.6 is 53.9 Å². The van der Waals surface area contributed by atoms with Crippen molar-refractivity contribution in [3.63, 3.8) is 0 Å². The summed E-state index contributed by atoms with van der Waals surface area (Å²) in [5.41, 5.74) is 0. The lowest BCUT2D eigenvalue weighted by molar-refractivity contribution is 0.393. The zero-order valence-corrected chi connectivity index (χ0v) is 14.4. The van der Waals surface area contributed by atoms with E-state index in [2.05, 4.69) is 23.3 Å². The van der Waals surface area contributed by atoms with Crippen molar-refractivity contribution in [3.05, 3.63) is 0 Å². The van der Waals surface area contributed by atoms with E-state index in [4.69, 9.17) is 38.2 Å². The molecule has 3 rings (SSSR count). The van der Waals surface area contributed by atoms with Crippen molar-refractivity contribution in [2.24, 2.45) is 13.5 Å². The van der Waals surface area contributed by atoms with Gasteiger partial charge in [0.25, 0.3) is 13.5 Å². The molecule has 6 nitrogen and oxygen atoms in total. The zero-order chi connectivity index (χ0) is 12.9. The highest BCUT2D eigenvalue weighted by Crippen LogP contribution is 2.84. The number of nitrogens with zero attached hydrogens (tertiary/aromatic N) is 4. The number of rotatable bonds is 1. The van der Waals surface area contributed by atoms with Gasteiger partial charge in [-0.3, -0.25) is 0 Å². The van der Waals surface area contributed by atoms with Crippen LogP contribution in [0.25, 0.3) is 0 Å². The highest BCUT2D eigenvalue weighted by atomic mass is 35.9. The molecule has 104 valence electrons. The molecule has 0 aromatic carbocycles. The Balaban J connectivity index is 2.12. The van der Waals surface area contributed by atoms with Gasteiger partial charge in [0.15, 0.2) is 0 Å². The van der Waals surface area contributed by atoms with Crippen molar-refractivity contribution < 1.29 is 4.52 Å². The molecule has 0 aliphatic carbocycles. The smallest absolute Gasteiger partial charge is 0.279 e. The molecule has 1 N–H and O–H groups in total. The number of hydrogen-bond donors (Lipinski definition) is 1. The van der Waals surface area contributed by atoms with Crippen molar-refractivity contribution >= 4 is 53.9 Å². The third kappa shape index (κ3) is 2.74. The van der Waals surface area contributed by atoms with Gasteiger partial charge in [-0.25, -0.2) is 9.76 Å². The molecular weight excluding hydrogens is 357 g/mol. The molecule has 0 saturated carbocycles. The van der Waals surface area contributed by atoms with Gasteiger partial charge >= 0.3 is 0 Å². The largest absolute Gasteiger partial charge is 0.314 e. The van der Waals surface area contributed by atoms with Crippen molar-refractivity contribution in [2.45, 2.75) is 12.8 Å². The Kier molecular flexibility index (Phi) is 4.01.